The van der Waals surface area contributed by atoms with Crippen LogP contribution in [0.15, 0.2) is 42.6 Å². The van der Waals surface area contributed by atoms with E-state index in [-0.39, 0.29) is 0 Å². The average Bonchev–Trinajstić information content (AvgIpc) is 2.78. The quantitative estimate of drug-likeness (QED) is 0.350. The first-order valence-electron chi connectivity index (χ1n) is 12.3. The Morgan fingerprint density at radius 1 is 0.759 bits per heavy atom. The lowest BCUT2D eigenvalue weighted by molar-refractivity contribution is 0.241. The van der Waals surface area contributed by atoms with E-state index in [1.165, 1.54) is 93.7 Å². The van der Waals surface area contributed by atoms with Gasteiger partial charge in [0.15, 0.2) is 0 Å². The maximum absolute atomic E-state index is 4.71. The second-order valence-corrected chi connectivity index (χ2v) is 9.29. The Hall–Kier alpha value is -1.63. The van der Waals surface area contributed by atoms with E-state index < -0.39 is 0 Å². The summed E-state index contributed by atoms with van der Waals surface area (Å²) in [5, 5.41) is 0. The zero-order valence-electron chi connectivity index (χ0n) is 18.8. The molecule has 0 radical (unpaired) electrons. The molecule has 1 heteroatoms. The van der Waals surface area contributed by atoms with Gasteiger partial charge in [-0.25, -0.2) is 0 Å². The van der Waals surface area contributed by atoms with Gasteiger partial charge in [-0.05, 0) is 61.1 Å². The maximum Gasteiger partial charge on any atom is 0.0702 e. The number of benzene rings is 1. The Morgan fingerprint density at radius 2 is 1.48 bits per heavy atom. The van der Waals surface area contributed by atoms with Gasteiger partial charge in [0.25, 0.3) is 0 Å². The van der Waals surface area contributed by atoms with Crippen LogP contribution in [0.4, 0.5) is 0 Å². The van der Waals surface area contributed by atoms with Gasteiger partial charge in [-0.2, -0.15) is 0 Å². The molecule has 2 atom stereocenters. The van der Waals surface area contributed by atoms with E-state index in [9.17, 15) is 0 Å². The van der Waals surface area contributed by atoms with E-state index in [1.807, 2.05) is 0 Å². The van der Waals surface area contributed by atoms with Gasteiger partial charge in [-0.3, -0.25) is 4.98 Å². The van der Waals surface area contributed by atoms with Crippen LogP contribution in [0.2, 0.25) is 0 Å². The summed E-state index contributed by atoms with van der Waals surface area (Å²) < 4.78 is 0. The van der Waals surface area contributed by atoms with Crippen molar-refractivity contribution >= 4 is 0 Å². The first kappa shape index (κ1) is 22.1. The van der Waals surface area contributed by atoms with Crippen molar-refractivity contribution in [2.75, 3.05) is 0 Å². The number of nitrogens with zero attached hydrogens (tertiary/aromatic N) is 1. The monoisotopic (exact) mass is 391 g/mol. The van der Waals surface area contributed by atoms with Crippen LogP contribution < -0.4 is 0 Å². The molecule has 2 aromatic rings. The minimum Gasteiger partial charge on any atom is -0.256 e. The number of hydrogen-bond donors (Lipinski definition) is 0. The highest BCUT2D eigenvalue weighted by Gasteiger charge is 2.21. The molecule has 29 heavy (non-hydrogen) atoms. The van der Waals surface area contributed by atoms with Gasteiger partial charge >= 0.3 is 0 Å². The van der Waals surface area contributed by atoms with E-state index in [1.54, 1.807) is 0 Å². The zero-order valence-corrected chi connectivity index (χ0v) is 18.8. The minimum absolute atomic E-state index is 0.951. The standard InChI is InChI=1S/C28H41N/c1-3-5-7-10-26-17-20-28(29-22-26)27-18-15-23(16-19-27)13-14-25-12-8-11-24(21-25)9-6-4-2/h15-20,22,24-25H,3-14,21H2,1-2H3. The SMILES string of the molecule is CCCCCc1ccc(-c2ccc(CCC3CCCC(CCCC)C3)cc2)nc1. The second kappa shape index (κ2) is 12.2. The number of rotatable bonds is 11. The van der Waals surface area contributed by atoms with Crippen molar-refractivity contribution in [2.24, 2.45) is 11.8 Å². The van der Waals surface area contributed by atoms with E-state index >= 15 is 0 Å². The van der Waals surface area contributed by atoms with Crippen molar-refractivity contribution in [1.29, 1.82) is 0 Å². The van der Waals surface area contributed by atoms with Crippen LogP contribution in [0.3, 0.4) is 0 Å². The second-order valence-electron chi connectivity index (χ2n) is 9.29. The number of aryl methyl sites for hydroxylation is 2. The highest BCUT2D eigenvalue weighted by atomic mass is 14.7. The Morgan fingerprint density at radius 3 is 2.17 bits per heavy atom. The van der Waals surface area contributed by atoms with Crippen LogP contribution in [0.5, 0.6) is 0 Å². The number of aromatic nitrogens is 1. The smallest absolute Gasteiger partial charge is 0.0702 e. The van der Waals surface area contributed by atoms with Gasteiger partial charge in [0.2, 0.25) is 0 Å². The van der Waals surface area contributed by atoms with Crippen LogP contribution in [0.25, 0.3) is 11.3 Å². The molecular weight excluding hydrogens is 350 g/mol. The first-order chi connectivity index (χ1) is 14.3. The third-order valence-corrected chi connectivity index (χ3v) is 6.84. The molecule has 1 heterocycles. The molecule has 1 fully saturated rings. The highest BCUT2D eigenvalue weighted by molar-refractivity contribution is 5.59. The van der Waals surface area contributed by atoms with Crippen LogP contribution in [0, 0.1) is 11.8 Å². The largest absolute Gasteiger partial charge is 0.256 e. The molecule has 0 saturated heterocycles. The van der Waals surface area contributed by atoms with Crippen LogP contribution in [-0.2, 0) is 12.8 Å². The molecule has 1 aliphatic carbocycles. The summed E-state index contributed by atoms with van der Waals surface area (Å²) in [6, 6.07) is 13.6. The number of unbranched alkanes of at least 4 members (excludes halogenated alkanes) is 3. The summed E-state index contributed by atoms with van der Waals surface area (Å²) in [7, 11) is 0. The van der Waals surface area contributed by atoms with E-state index in [0.717, 1.165) is 24.0 Å². The van der Waals surface area contributed by atoms with E-state index in [0.29, 0.717) is 0 Å². The maximum atomic E-state index is 4.71. The zero-order chi connectivity index (χ0) is 20.3. The molecule has 158 valence electrons. The Balaban J connectivity index is 1.47. The van der Waals surface area contributed by atoms with Crippen molar-refractivity contribution in [2.45, 2.75) is 97.3 Å². The summed E-state index contributed by atoms with van der Waals surface area (Å²) in [5.41, 5.74) is 5.19. The molecule has 0 bridgehead atoms. The Bertz CT molecular complexity index is 685. The fourth-order valence-electron chi connectivity index (χ4n) is 4.95. The predicted molar refractivity (Wildman–Crippen MR) is 126 cm³/mol. The van der Waals surface area contributed by atoms with E-state index in [2.05, 4.69) is 56.4 Å². The van der Waals surface area contributed by atoms with Crippen LogP contribution >= 0.6 is 0 Å². The molecule has 0 spiro atoms. The van der Waals surface area contributed by atoms with Gasteiger partial charge < -0.3 is 0 Å². The predicted octanol–water partition coefficient (Wildman–Crippen LogP) is 8.41. The lowest BCUT2D eigenvalue weighted by Gasteiger charge is -2.29. The molecule has 2 unspecified atom stereocenters. The van der Waals surface area contributed by atoms with Crippen LogP contribution in [0.1, 0.15) is 95.6 Å². The number of pyridine rings is 1. The van der Waals surface area contributed by atoms with Crippen molar-refractivity contribution in [3.63, 3.8) is 0 Å². The molecule has 0 amide bonds. The molecular formula is C28H41N. The summed E-state index contributed by atoms with van der Waals surface area (Å²) in [6.07, 6.45) is 19.8. The third-order valence-electron chi connectivity index (χ3n) is 6.84. The molecule has 1 aromatic heterocycles. The summed E-state index contributed by atoms with van der Waals surface area (Å²) in [5.74, 6) is 1.96. The fraction of sp³-hybridized carbons (Fsp3) is 0.607. The van der Waals surface area contributed by atoms with Crippen molar-refractivity contribution < 1.29 is 0 Å². The molecule has 0 N–H and O–H groups in total. The average molecular weight is 392 g/mol. The van der Waals surface area contributed by atoms with Crippen molar-refractivity contribution in [3.8, 4) is 11.3 Å². The Kier molecular flexibility index (Phi) is 9.25. The first-order valence-corrected chi connectivity index (χ1v) is 12.3. The van der Waals surface area contributed by atoms with Gasteiger partial charge in [0.1, 0.15) is 0 Å². The molecule has 1 aliphatic rings. The van der Waals surface area contributed by atoms with E-state index in [4.69, 9.17) is 4.98 Å². The van der Waals surface area contributed by atoms with Gasteiger partial charge in [0, 0.05) is 11.8 Å². The van der Waals surface area contributed by atoms with Crippen molar-refractivity contribution in [3.05, 3.63) is 53.7 Å². The third kappa shape index (κ3) is 7.28. The summed E-state index contributed by atoms with van der Waals surface area (Å²) in [4.78, 5) is 4.71. The molecule has 0 aliphatic heterocycles. The van der Waals surface area contributed by atoms with Gasteiger partial charge in [-0.15, -0.1) is 0 Å². The topological polar surface area (TPSA) is 12.9 Å². The molecule has 1 aromatic carbocycles. The van der Waals surface area contributed by atoms with Gasteiger partial charge in [0.05, 0.1) is 5.69 Å². The van der Waals surface area contributed by atoms with Crippen LogP contribution in [-0.4, -0.2) is 4.98 Å². The molecule has 3 rings (SSSR count). The fourth-order valence-corrected chi connectivity index (χ4v) is 4.95. The molecule has 1 saturated carbocycles. The Labute approximate surface area is 179 Å². The summed E-state index contributed by atoms with van der Waals surface area (Å²) >= 11 is 0. The summed E-state index contributed by atoms with van der Waals surface area (Å²) in [6.45, 7) is 4.58. The molecule has 1 nitrogen and oxygen atoms in total. The highest BCUT2D eigenvalue weighted by Crippen LogP contribution is 2.34. The van der Waals surface area contributed by atoms with Gasteiger partial charge in [-0.1, -0.05) is 95.5 Å². The van der Waals surface area contributed by atoms with Crippen molar-refractivity contribution in [1.82, 2.24) is 4.98 Å². The minimum atomic E-state index is 0.951. The lowest BCUT2D eigenvalue weighted by atomic mass is 9.77. The lowest BCUT2D eigenvalue weighted by Crippen LogP contribution is -2.16. The number of hydrogen-bond acceptors (Lipinski definition) is 1. The normalized spacial score (nSPS) is 19.4.